The number of nitrogens with one attached hydrogen (secondary N) is 1. The molecule has 72 valence electrons. The minimum Gasteiger partial charge on any atom is -0.357 e. The van der Waals surface area contributed by atoms with E-state index in [-0.39, 0.29) is 0 Å². The van der Waals surface area contributed by atoms with Crippen LogP contribution in [0.5, 0.6) is 0 Å². The second-order valence-corrected chi connectivity index (χ2v) is 3.21. The molecule has 1 N–H and O–H groups in total. The summed E-state index contributed by atoms with van der Waals surface area (Å²) in [5.74, 6) is 0.625. The normalized spacial score (nSPS) is 10.1. The Labute approximate surface area is 86.7 Å². The smallest absolute Gasteiger partial charge is 0.225 e. The molecule has 14 heavy (non-hydrogen) atoms. The van der Waals surface area contributed by atoms with Gasteiger partial charge in [0.25, 0.3) is 0 Å². The van der Waals surface area contributed by atoms with Crippen molar-refractivity contribution >= 4 is 17.5 Å². The van der Waals surface area contributed by atoms with Gasteiger partial charge in [-0.3, -0.25) is 0 Å². The first kappa shape index (κ1) is 9.09. The molecule has 0 amide bonds. The molecule has 1 aromatic carbocycles. The first-order valence-electron chi connectivity index (χ1n) is 4.20. The summed E-state index contributed by atoms with van der Waals surface area (Å²) >= 11 is 6.01. The van der Waals surface area contributed by atoms with Crippen LogP contribution in [0.4, 0.5) is 5.88 Å². The fourth-order valence-electron chi connectivity index (χ4n) is 1.19. The average molecular weight is 209 g/mol. The first-order chi connectivity index (χ1) is 6.81. The molecule has 1 aromatic heterocycles. The van der Waals surface area contributed by atoms with Gasteiger partial charge in [-0.1, -0.05) is 35.0 Å². The Morgan fingerprint density at radius 1 is 1.36 bits per heavy atom. The number of rotatable bonds is 2. The van der Waals surface area contributed by atoms with Crippen molar-refractivity contribution in [1.29, 1.82) is 0 Å². The lowest BCUT2D eigenvalue weighted by Gasteiger charge is -1.96. The molecule has 0 aliphatic rings. The molecule has 0 bridgehead atoms. The predicted octanol–water partition coefficient (Wildman–Crippen LogP) is 3.04. The Morgan fingerprint density at radius 2 is 2.14 bits per heavy atom. The fourth-order valence-corrected chi connectivity index (χ4v) is 1.42. The second kappa shape index (κ2) is 3.72. The standard InChI is InChI=1S/C10H9ClN2O/c1-12-10-6-9(13-14-10)7-4-2-3-5-8(7)11/h2-6,12H,1H3. The van der Waals surface area contributed by atoms with Gasteiger partial charge in [0.05, 0.1) is 5.02 Å². The monoisotopic (exact) mass is 208 g/mol. The third kappa shape index (κ3) is 1.59. The molecule has 0 saturated heterocycles. The summed E-state index contributed by atoms with van der Waals surface area (Å²) in [7, 11) is 1.77. The van der Waals surface area contributed by atoms with Crippen LogP contribution in [0.2, 0.25) is 5.02 Å². The molecule has 0 aliphatic carbocycles. The van der Waals surface area contributed by atoms with Gasteiger partial charge in [-0.25, -0.2) is 0 Å². The molecular formula is C10H9ClN2O. The van der Waals surface area contributed by atoms with Crippen LogP contribution < -0.4 is 5.32 Å². The van der Waals surface area contributed by atoms with Crippen molar-refractivity contribution in [3.8, 4) is 11.3 Å². The molecule has 0 saturated carbocycles. The van der Waals surface area contributed by atoms with Crippen molar-refractivity contribution in [3.63, 3.8) is 0 Å². The van der Waals surface area contributed by atoms with Crippen LogP contribution in [0, 0.1) is 0 Å². The molecule has 0 aliphatic heterocycles. The third-order valence-electron chi connectivity index (χ3n) is 1.91. The summed E-state index contributed by atoms with van der Waals surface area (Å²) in [5, 5.41) is 7.43. The zero-order chi connectivity index (χ0) is 9.97. The van der Waals surface area contributed by atoms with E-state index in [2.05, 4.69) is 10.5 Å². The van der Waals surface area contributed by atoms with Crippen LogP contribution in [0.3, 0.4) is 0 Å². The van der Waals surface area contributed by atoms with Crippen LogP contribution in [-0.2, 0) is 0 Å². The number of hydrogen-bond acceptors (Lipinski definition) is 3. The molecule has 2 rings (SSSR count). The lowest BCUT2D eigenvalue weighted by atomic mass is 10.1. The van der Waals surface area contributed by atoms with E-state index in [1.165, 1.54) is 0 Å². The fraction of sp³-hybridized carbons (Fsp3) is 0.100. The number of benzene rings is 1. The summed E-state index contributed by atoms with van der Waals surface area (Å²) in [6, 6.07) is 9.32. The topological polar surface area (TPSA) is 38.1 Å². The van der Waals surface area contributed by atoms with E-state index >= 15 is 0 Å². The highest BCUT2D eigenvalue weighted by molar-refractivity contribution is 6.33. The highest BCUT2D eigenvalue weighted by atomic mass is 35.5. The quantitative estimate of drug-likeness (QED) is 0.825. The largest absolute Gasteiger partial charge is 0.357 e. The van der Waals surface area contributed by atoms with E-state index in [0.29, 0.717) is 10.9 Å². The highest BCUT2D eigenvalue weighted by Crippen LogP contribution is 2.27. The molecule has 0 spiro atoms. The van der Waals surface area contributed by atoms with Gasteiger partial charge in [0.1, 0.15) is 5.69 Å². The van der Waals surface area contributed by atoms with Gasteiger partial charge in [0.15, 0.2) is 0 Å². The Bertz CT molecular complexity index is 439. The number of halogens is 1. The number of nitrogens with zero attached hydrogens (tertiary/aromatic N) is 1. The van der Waals surface area contributed by atoms with Gasteiger partial charge in [-0.2, -0.15) is 0 Å². The molecule has 0 radical (unpaired) electrons. The van der Waals surface area contributed by atoms with Crippen molar-refractivity contribution in [1.82, 2.24) is 5.16 Å². The molecular weight excluding hydrogens is 200 g/mol. The summed E-state index contributed by atoms with van der Waals surface area (Å²) < 4.78 is 5.00. The number of aromatic nitrogens is 1. The van der Waals surface area contributed by atoms with E-state index in [1.807, 2.05) is 24.3 Å². The van der Waals surface area contributed by atoms with Crippen LogP contribution in [0.1, 0.15) is 0 Å². The zero-order valence-electron chi connectivity index (χ0n) is 7.62. The average Bonchev–Trinajstić information content (AvgIpc) is 2.67. The van der Waals surface area contributed by atoms with Crippen molar-refractivity contribution in [2.45, 2.75) is 0 Å². The van der Waals surface area contributed by atoms with Crippen LogP contribution in [0.15, 0.2) is 34.9 Å². The Kier molecular flexibility index (Phi) is 2.41. The minimum atomic E-state index is 0.625. The zero-order valence-corrected chi connectivity index (χ0v) is 8.38. The van der Waals surface area contributed by atoms with Crippen LogP contribution in [0.25, 0.3) is 11.3 Å². The molecule has 2 aromatic rings. The lowest BCUT2D eigenvalue weighted by Crippen LogP contribution is -1.82. The van der Waals surface area contributed by atoms with Gasteiger partial charge in [-0.15, -0.1) is 0 Å². The summed E-state index contributed by atoms with van der Waals surface area (Å²) in [6.07, 6.45) is 0. The summed E-state index contributed by atoms with van der Waals surface area (Å²) in [6.45, 7) is 0. The van der Waals surface area contributed by atoms with Gasteiger partial charge in [0, 0.05) is 18.7 Å². The third-order valence-corrected chi connectivity index (χ3v) is 2.24. The van der Waals surface area contributed by atoms with E-state index in [4.69, 9.17) is 16.1 Å². The maximum atomic E-state index is 6.01. The molecule has 0 fully saturated rings. The van der Waals surface area contributed by atoms with E-state index < -0.39 is 0 Å². The van der Waals surface area contributed by atoms with E-state index in [1.54, 1.807) is 13.1 Å². The molecule has 1 heterocycles. The van der Waals surface area contributed by atoms with Crippen molar-refractivity contribution in [2.24, 2.45) is 0 Å². The predicted molar refractivity (Wildman–Crippen MR) is 56.5 cm³/mol. The molecule has 0 atom stereocenters. The molecule has 4 heteroatoms. The summed E-state index contributed by atoms with van der Waals surface area (Å²) in [4.78, 5) is 0. The van der Waals surface area contributed by atoms with Crippen molar-refractivity contribution in [2.75, 3.05) is 12.4 Å². The van der Waals surface area contributed by atoms with Crippen LogP contribution in [-0.4, -0.2) is 12.2 Å². The van der Waals surface area contributed by atoms with Crippen molar-refractivity contribution in [3.05, 3.63) is 35.4 Å². The molecule has 3 nitrogen and oxygen atoms in total. The van der Waals surface area contributed by atoms with E-state index in [0.717, 1.165) is 11.3 Å². The minimum absolute atomic E-state index is 0.625. The van der Waals surface area contributed by atoms with Gasteiger partial charge >= 0.3 is 0 Å². The van der Waals surface area contributed by atoms with Gasteiger partial charge < -0.3 is 9.84 Å². The lowest BCUT2D eigenvalue weighted by molar-refractivity contribution is 0.436. The van der Waals surface area contributed by atoms with Crippen molar-refractivity contribution < 1.29 is 4.52 Å². The summed E-state index contributed by atoms with van der Waals surface area (Å²) in [5.41, 5.74) is 1.61. The maximum absolute atomic E-state index is 6.01. The van der Waals surface area contributed by atoms with Gasteiger partial charge in [0.2, 0.25) is 5.88 Å². The van der Waals surface area contributed by atoms with E-state index in [9.17, 15) is 0 Å². The Balaban J connectivity index is 2.44. The van der Waals surface area contributed by atoms with Crippen LogP contribution >= 0.6 is 11.6 Å². The second-order valence-electron chi connectivity index (χ2n) is 2.81. The Morgan fingerprint density at radius 3 is 2.79 bits per heavy atom. The number of anilines is 1. The number of hydrogen-bond donors (Lipinski definition) is 1. The maximum Gasteiger partial charge on any atom is 0.225 e. The Hall–Kier alpha value is -1.48. The first-order valence-corrected chi connectivity index (χ1v) is 4.58. The molecule has 0 unspecified atom stereocenters. The highest BCUT2D eigenvalue weighted by Gasteiger charge is 2.07. The van der Waals surface area contributed by atoms with Gasteiger partial charge in [-0.05, 0) is 6.07 Å². The SMILES string of the molecule is CNc1cc(-c2ccccc2Cl)no1.